The normalized spacial score (nSPS) is 10.9. The van der Waals surface area contributed by atoms with Gasteiger partial charge in [-0.3, -0.25) is 0 Å². The predicted molar refractivity (Wildman–Crippen MR) is 91.4 cm³/mol. The smallest absolute Gasteiger partial charge is 0.215 e. The maximum atomic E-state index is 8.80. The van der Waals surface area contributed by atoms with Gasteiger partial charge in [-0.05, 0) is 36.6 Å². The van der Waals surface area contributed by atoms with Crippen LogP contribution in [0.15, 0.2) is 42.6 Å². The standard InChI is InChI=1S/C18H21N3O3/c1-23-16-7-4-14(5-8-16)13-21-18-15(12-19-21)6-9-17(20-18)24-11-3-2-10-22/h4-9,12,22H,2-3,10-11,13H2,1H3. The van der Waals surface area contributed by atoms with Crippen LogP contribution in [0.4, 0.5) is 0 Å². The van der Waals surface area contributed by atoms with Crippen LogP contribution in [0.3, 0.4) is 0 Å². The third-order valence-corrected chi connectivity index (χ3v) is 3.75. The number of methoxy groups -OCH3 is 1. The number of aliphatic hydroxyl groups is 1. The maximum absolute atomic E-state index is 8.80. The minimum absolute atomic E-state index is 0.185. The van der Waals surface area contributed by atoms with Crippen LogP contribution in [0.1, 0.15) is 18.4 Å². The Hall–Kier alpha value is -2.60. The molecule has 0 bridgehead atoms. The number of rotatable bonds is 8. The molecule has 0 aliphatic carbocycles. The Labute approximate surface area is 140 Å². The number of nitrogens with zero attached hydrogens (tertiary/aromatic N) is 3. The van der Waals surface area contributed by atoms with E-state index in [1.54, 1.807) is 13.3 Å². The van der Waals surface area contributed by atoms with Crippen LogP contribution in [-0.2, 0) is 6.54 Å². The summed E-state index contributed by atoms with van der Waals surface area (Å²) in [5.41, 5.74) is 1.92. The summed E-state index contributed by atoms with van der Waals surface area (Å²) in [4.78, 5) is 4.55. The highest BCUT2D eigenvalue weighted by Gasteiger charge is 2.07. The SMILES string of the molecule is COc1ccc(Cn2ncc3ccc(OCCCCO)nc32)cc1. The van der Waals surface area contributed by atoms with Gasteiger partial charge in [0.1, 0.15) is 5.75 Å². The summed E-state index contributed by atoms with van der Waals surface area (Å²) in [5.74, 6) is 1.41. The van der Waals surface area contributed by atoms with E-state index in [0.717, 1.165) is 35.2 Å². The van der Waals surface area contributed by atoms with Crippen LogP contribution in [0.25, 0.3) is 11.0 Å². The van der Waals surface area contributed by atoms with Gasteiger partial charge in [0.05, 0.1) is 26.5 Å². The first-order valence-electron chi connectivity index (χ1n) is 7.99. The first kappa shape index (κ1) is 16.3. The van der Waals surface area contributed by atoms with E-state index in [4.69, 9.17) is 14.6 Å². The fraction of sp³-hybridized carbons (Fsp3) is 0.333. The van der Waals surface area contributed by atoms with Crippen LogP contribution in [0.5, 0.6) is 11.6 Å². The lowest BCUT2D eigenvalue weighted by atomic mass is 10.2. The zero-order chi connectivity index (χ0) is 16.8. The van der Waals surface area contributed by atoms with Crippen molar-refractivity contribution >= 4 is 11.0 Å². The Morgan fingerprint density at radius 1 is 1.08 bits per heavy atom. The quantitative estimate of drug-likeness (QED) is 0.644. The minimum Gasteiger partial charge on any atom is -0.497 e. The van der Waals surface area contributed by atoms with Crippen LogP contribution in [0, 0.1) is 0 Å². The molecule has 1 aromatic carbocycles. The largest absolute Gasteiger partial charge is 0.497 e. The number of benzene rings is 1. The summed E-state index contributed by atoms with van der Waals surface area (Å²) >= 11 is 0. The highest BCUT2D eigenvalue weighted by molar-refractivity contribution is 5.75. The van der Waals surface area contributed by atoms with E-state index in [-0.39, 0.29) is 6.61 Å². The molecule has 0 fully saturated rings. The molecule has 6 nitrogen and oxygen atoms in total. The Balaban J connectivity index is 1.75. The monoisotopic (exact) mass is 327 g/mol. The highest BCUT2D eigenvalue weighted by Crippen LogP contribution is 2.18. The van der Waals surface area contributed by atoms with Crippen LogP contribution >= 0.6 is 0 Å². The van der Waals surface area contributed by atoms with Gasteiger partial charge in [0.15, 0.2) is 5.65 Å². The molecule has 3 rings (SSSR count). The number of aromatic nitrogens is 3. The number of unbranched alkanes of at least 4 members (excludes halogenated alkanes) is 1. The van der Waals surface area contributed by atoms with E-state index in [2.05, 4.69) is 10.1 Å². The Morgan fingerprint density at radius 2 is 1.92 bits per heavy atom. The molecular weight excluding hydrogens is 306 g/mol. The topological polar surface area (TPSA) is 69.4 Å². The van der Waals surface area contributed by atoms with E-state index >= 15 is 0 Å². The second-order valence-corrected chi connectivity index (χ2v) is 5.49. The maximum Gasteiger partial charge on any atom is 0.215 e. The number of aliphatic hydroxyl groups excluding tert-OH is 1. The van der Waals surface area contributed by atoms with Gasteiger partial charge < -0.3 is 14.6 Å². The summed E-state index contributed by atoms with van der Waals surface area (Å²) in [7, 11) is 1.65. The van der Waals surface area contributed by atoms with Gasteiger partial charge in [0.25, 0.3) is 0 Å². The van der Waals surface area contributed by atoms with Gasteiger partial charge in [-0.25, -0.2) is 4.68 Å². The number of hydrogen-bond donors (Lipinski definition) is 1. The van der Waals surface area contributed by atoms with Gasteiger partial charge in [-0.2, -0.15) is 10.1 Å². The van der Waals surface area contributed by atoms with Gasteiger partial charge in [-0.1, -0.05) is 12.1 Å². The van der Waals surface area contributed by atoms with Crippen molar-refractivity contribution in [2.24, 2.45) is 0 Å². The van der Waals surface area contributed by atoms with Gasteiger partial charge in [0, 0.05) is 18.1 Å². The van der Waals surface area contributed by atoms with Crippen molar-refractivity contribution in [1.29, 1.82) is 0 Å². The van der Waals surface area contributed by atoms with Gasteiger partial charge in [-0.15, -0.1) is 0 Å². The first-order valence-corrected chi connectivity index (χ1v) is 7.99. The van der Waals surface area contributed by atoms with E-state index in [1.807, 2.05) is 41.1 Å². The van der Waals surface area contributed by atoms with Crippen molar-refractivity contribution in [3.8, 4) is 11.6 Å². The fourth-order valence-electron chi connectivity index (χ4n) is 2.43. The molecule has 0 spiro atoms. The van der Waals surface area contributed by atoms with E-state index < -0.39 is 0 Å². The molecule has 0 saturated heterocycles. The van der Waals surface area contributed by atoms with Crippen LogP contribution < -0.4 is 9.47 Å². The van der Waals surface area contributed by atoms with E-state index in [9.17, 15) is 0 Å². The molecule has 2 aromatic heterocycles. The third kappa shape index (κ3) is 3.83. The third-order valence-electron chi connectivity index (χ3n) is 3.75. The molecule has 6 heteroatoms. The Morgan fingerprint density at radius 3 is 2.67 bits per heavy atom. The molecule has 3 aromatic rings. The highest BCUT2D eigenvalue weighted by atomic mass is 16.5. The summed E-state index contributed by atoms with van der Waals surface area (Å²) < 4.78 is 12.7. The summed E-state index contributed by atoms with van der Waals surface area (Å²) in [5, 5.41) is 14.2. The average Bonchev–Trinajstić information content (AvgIpc) is 3.02. The zero-order valence-corrected chi connectivity index (χ0v) is 13.7. The van der Waals surface area contributed by atoms with Crippen LogP contribution in [0.2, 0.25) is 0 Å². The average molecular weight is 327 g/mol. The van der Waals surface area contributed by atoms with E-state index in [0.29, 0.717) is 19.0 Å². The van der Waals surface area contributed by atoms with Crippen molar-refractivity contribution in [1.82, 2.24) is 14.8 Å². The predicted octanol–water partition coefficient (Wildman–Crippen LogP) is 2.64. The minimum atomic E-state index is 0.185. The molecule has 0 aliphatic heterocycles. The van der Waals surface area contributed by atoms with Crippen molar-refractivity contribution in [3.05, 3.63) is 48.2 Å². The van der Waals surface area contributed by atoms with Crippen molar-refractivity contribution < 1.29 is 14.6 Å². The van der Waals surface area contributed by atoms with Gasteiger partial charge >= 0.3 is 0 Å². The molecule has 0 atom stereocenters. The van der Waals surface area contributed by atoms with Crippen molar-refractivity contribution in [2.75, 3.05) is 20.3 Å². The molecule has 126 valence electrons. The molecule has 0 radical (unpaired) electrons. The summed E-state index contributed by atoms with van der Waals surface area (Å²) in [6, 6.07) is 11.7. The Bertz CT molecular complexity index is 784. The number of fused-ring (bicyclic) bond motifs is 1. The number of pyridine rings is 1. The second-order valence-electron chi connectivity index (χ2n) is 5.49. The molecule has 0 unspecified atom stereocenters. The van der Waals surface area contributed by atoms with Gasteiger partial charge in [0.2, 0.25) is 5.88 Å². The molecule has 0 aliphatic rings. The molecule has 24 heavy (non-hydrogen) atoms. The number of ether oxygens (including phenoxy) is 2. The molecule has 2 heterocycles. The van der Waals surface area contributed by atoms with E-state index in [1.165, 1.54) is 0 Å². The molecule has 0 amide bonds. The zero-order valence-electron chi connectivity index (χ0n) is 13.7. The van der Waals surface area contributed by atoms with Crippen LogP contribution in [-0.4, -0.2) is 40.2 Å². The lowest BCUT2D eigenvalue weighted by Gasteiger charge is -2.07. The number of hydrogen-bond acceptors (Lipinski definition) is 5. The first-order chi connectivity index (χ1) is 11.8. The fourth-order valence-corrected chi connectivity index (χ4v) is 2.43. The molecule has 0 saturated carbocycles. The summed E-state index contributed by atoms with van der Waals surface area (Å²) in [6.07, 6.45) is 3.35. The lowest BCUT2D eigenvalue weighted by molar-refractivity contribution is 0.249. The van der Waals surface area contributed by atoms with Crippen molar-refractivity contribution in [3.63, 3.8) is 0 Å². The second kappa shape index (κ2) is 7.79. The molecular formula is C18H21N3O3. The summed E-state index contributed by atoms with van der Waals surface area (Å²) in [6.45, 7) is 1.37. The molecule has 1 N–H and O–H groups in total. The lowest BCUT2D eigenvalue weighted by Crippen LogP contribution is -2.04. The Kier molecular flexibility index (Phi) is 5.28. The van der Waals surface area contributed by atoms with Crippen molar-refractivity contribution in [2.45, 2.75) is 19.4 Å².